The largest absolute Gasteiger partial charge is 0.306 e. The Hall–Kier alpha value is -1.89. The molecule has 136 valence electrons. The summed E-state index contributed by atoms with van der Waals surface area (Å²) in [6.07, 6.45) is 0. The summed E-state index contributed by atoms with van der Waals surface area (Å²) in [5.74, 6) is 0.0283. The molecule has 2 aromatic rings. The molecule has 2 aromatic carbocycles. The van der Waals surface area contributed by atoms with Crippen molar-refractivity contribution >= 4 is 33.0 Å². The van der Waals surface area contributed by atoms with Crippen LogP contribution in [0.25, 0.3) is 0 Å². The number of rotatable bonds is 3. The standard InChI is InChI=1S/C19H19ClN2O3S/c20-15-8-6-14(7-9-15)10-21-11-19(23)22(16-4-2-1-3-5-16)18-13-26(24,25)12-17(18)21/h1-9,17-18H,10-13H2. The number of hydrogen-bond acceptors (Lipinski definition) is 4. The van der Waals surface area contributed by atoms with Crippen molar-refractivity contribution in [1.29, 1.82) is 0 Å². The topological polar surface area (TPSA) is 57.7 Å². The van der Waals surface area contributed by atoms with Crippen molar-refractivity contribution in [2.24, 2.45) is 0 Å². The molecule has 0 bridgehead atoms. The lowest BCUT2D eigenvalue weighted by molar-refractivity contribution is -0.123. The molecule has 4 rings (SSSR count). The van der Waals surface area contributed by atoms with Crippen molar-refractivity contribution in [2.75, 3.05) is 23.0 Å². The number of para-hydroxylation sites is 1. The molecule has 2 aliphatic rings. The van der Waals surface area contributed by atoms with E-state index < -0.39 is 9.84 Å². The van der Waals surface area contributed by atoms with Crippen LogP contribution in [0.3, 0.4) is 0 Å². The number of carbonyl (C=O) groups excluding carboxylic acids is 1. The van der Waals surface area contributed by atoms with Crippen molar-refractivity contribution < 1.29 is 13.2 Å². The number of benzene rings is 2. The zero-order valence-electron chi connectivity index (χ0n) is 14.1. The maximum absolute atomic E-state index is 12.9. The third kappa shape index (κ3) is 3.37. The molecule has 26 heavy (non-hydrogen) atoms. The molecule has 2 saturated heterocycles. The normalized spacial score (nSPS) is 25.3. The number of fused-ring (bicyclic) bond motifs is 1. The predicted octanol–water partition coefficient (Wildman–Crippen LogP) is 2.35. The van der Waals surface area contributed by atoms with Gasteiger partial charge in [-0.25, -0.2) is 8.42 Å². The second-order valence-corrected chi connectivity index (χ2v) is 9.43. The zero-order chi connectivity index (χ0) is 18.3. The van der Waals surface area contributed by atoms with Crippen LogP contribution < -0.4 is 4.90 Å². The van der Waals surface area contributed by atoms with Gasteiger partial charge in [0.15, 0.2) is 9.84 Å². The smallest absolute Gasteiger partial charge is 0.241 e. The summed E-state index contributed by atoms with van der Waals surface area (Å²) in [5.41, 5.74) is 1.77. The number of carbonyl (C=O) groups is 1. The molecular weight excluding hydrogens is 372 g/mol. The fraction of sp³-hybridized carbons (Fsp3) is 0.316. The molecule has 0 aromatic heterocycles. The molecule has 7 heteroatoms. The maximum Gasteiger partial charge on any atom is 0.241 e. The molecule has 2 atom stereocenters. The highest BCUT2D eigenvalue weighted by Crippen LogP contribution is 2.32. The number of amides is 1. The quantitative estimate of drug-likeness (QED) is 0.807. The van der Waals surface area contributed by atoms with Gasteiger partial charge in [0.05, 0.1) is 24.1 Å². The lowest BCUT2D eigenvalue weighted by Crippen LogP contribution is -2.61. The van der Waals surface area contributed by atoms with Crippen LogP contribution in [0, 0.1) is 0 Å². The molecule has 2 fully saturated rings. The number of halogens is 1. The van der Waals surface area contributed by atoms with E-state index >= 15 is 0 Å². The maximum atomic E-state index is 12.9. The Morgan fingerprint density at radius 2 is 1.62 bits per heavy atom. The van der Waals surface area contributed by atoms with Crippen LogP contribution in [0.5, 0.6) is 0 Å². The van der Waals surface area contributed by atoms with Crippen LogP contribution in [-0.4, -0.2) is 49.4 Å². The summed E-state index contributed by atoms with van der Waals surface area (Å²) in [7, 11) is -3.18. The van der Waals surface area contributed by atoms with E-state index in [1.807, 2.05) is 59.5 Å². The summed E-state index contributed by atoms with van der Waals surface area (Å²) in [5, 5.41) is 0.653. The highest BCUT2D eigenvalue weighted by molar-refractivity contribution is 7.91. The van der Waals surface area contributed by atoms with Crippen molar-refractivity contribution in [2.45, 2.75) is 18.6 Å². The van der Waals surface area contributed by atoms with E-state index in [1.165, 1.54) is 0 Å². The molecule has 1 amide bonds. The first kappa shape index (κ1) is 17.5. The summed E-state index contributed by atoms with van der Waals surface area (Å²) in [4.78, 5) is 16.5. The van der Waals surface area contributed by atoms with Gasteiger partial charge in [0.2, 0.25) is 5.91 Å². The Labute approximate surface area is 158 Å². The molecule has 0 N–H and O–H groups in total. The van der Waals surface area contributed by atoms with Gasteiger partial charge in [-0.15, -0.1) is 0 Å². The summed E-state index contributed by atoms with van der Waals surface area (Å²) in [6, 6.07) is 16.2. The monoisotopic (exact) mass is 390 g/mol. The van der Waals surface area contributed by atoms with Crippen molar-refractivity contribution in [3.8, 4) is 0 Å². The number of sulfone groups is 1. The van der Waals surface area contributed by atoms with E-state index in [1.54, 1.807) is 4.90 Å². The molecule has 0 saturated carbocycles. The van der Waals surface area contributed by atoms with Gasteiger partial charge in [-0.05, 0) is 29.8 Å². The van der Waals surface area contributed by atoms with Crippen molar-refractivity contribution in [1.82, 2.24) is 4.90 Å². The Kier molecular flexibility index (Phi) is 4.50. The van der Waals surface area contributed by atoms with Gasteiger partial charge < -0.3 is 4.90 Å². The average molecular weight is 391 g/mol. The molecule has 2 heterocycles. The van der Waals surface area contributed by atoms with Crippen LogP contribution >= 0.6 is 11.6 Å². The van der Waals surface area contributed by atoms with E-state index in [4.69, 9.17) is 11.6 Å². The van der Waals surface area contributed by atoms with Crippen LogP contribution in [0.2, 0.25) is 5.02 Å². The second-order valence-electron chi connectivity index (χ2n) is 6.84. The molecule has 0 radical (unpaired) electrons. The zero-order valence-corrected chi connectivity index (χ0v) is 15.7. The minimum Gasteiger partial charge on any atom is -0.306 e. The van der Waals surface area contributed by atoms with E-state index in [0.717, 1.165) is 11.3 Å². The molecule has 2 unspecified atom stereocenters. The predicted molar refractivity (Wildman–Crippen MR) is 102 cm³/mol. The molecule has 2 aliphatic heterocycles. The van der Waals surface area contributed by atoms with Crippen molar-refractivity contribution in [3.05, 3.63) is 65.2 Å². The molecular formula is C19H19ClN2O3S. The van der Waals surface area contributed by atoms with Gasteiger partial charge >= 0.3 is 0 Å². The fourth-order valence-corrected chi connectivity index (χ4v) is 5.99. The molecule has 0 spiro atoms. The first-order valence-corrected chi connectivity index (χ1v) is 10.7. The average Bonchev–Trinajstić information content (AvgIpc) is 2.93. The summed E-state index contributed by atoms with van der Waals surface area (Å²) < 4.78 is 24.7. The lowest BCUT2D eigenvalue weighted by Gasteiger charge is -2.43. The van der Waals surface area contributed by atoms with Gasteiger partial charge in [-0.1, -0.05) is 41.9 Å². The Morgan fingerprint density at radius 1 is 0.962 bits per heavy atom. The van der Waals surface area contributed by atoms with Gasteiger partial charge in [0.25, 0.3) is 0 Å². The van der Waals surface area contributed by atoms with Crippen LogP contribution in [0.1, 0.15) is 5.56 Å². The van der Waals surface area contributed by atoms with E-state index in [-0.39, 0.29) is 36.0 Å². The molecule has 5 nitrogen and oxygen atoms in total. The van der Waals surface area contributed by atoms with Crippen molar-refractivity contribution in [3.63, 3.8) is 0 Å². The Balaban J connectivity index is 1.65. The van der Waals surface area contributed by atoms with Crippen LogP contribution in [0.15, 0.2) is 54.6 Å². The number of nitrogens with zero attached hydrogens (tertiary/aromatic N) is 2. The Bertz CT molecular complexity index is 916. The highest BCUT2D eigenvalue weighted by Gasteiger charge is 2.49. The molecule has 0 aliphatic carbocycles. The minimum absolute atomic E-state index is 0.00934. The van der Waals surface area contributed by atoms with Gasteiger partial charge in [-0.3, -0.25) is 9.69 Å². The summed E-state index contributed by atoms with van der Waals surface area (Å²) >= 11 is 5.94. The van der Waals surface area contributed by atoms with Gasteiger partial charge in [-0.2, -0.15) is 0 Å². The number of anilines is 1. The highest BCUT2D eigenvalue weighted by atomic mass is 35.5. The first-order valence-electron chi connectivity index (χ1n) is 8.49. The second kappa shape index (κ2) is 6.68. The third-order valence-corrected chi connectivity index (χ3v) is 6.99. The number of piperazine rings is 1. The van der Waals surface area contributed by atoms with E-state index in [9.17, 15) is 13.2 Å². The lowest BCUT2D eigenvalue weighted by atomic mass is 10.0. The Morgan fingerprint density at radius 3 is 2.31 bits per heavy atom. The van der Waals surface area contributed by atoms with E-state index in [2.05, 4.69) is 0 Å². The third-order valence-electron chi connectivity index (χ3n) is 5.03. The van der Waals surface area contributed by atoms with E-state index in [0.29, 0.717) is 11.6 Å². The SMILES string of the molecule is O=C1CN(Cc2ccc(Cl)cc2)C2CS(=O)(=O)CC2N1c1ccccc1. The summed E-state index contributed by atoms with van der Waals surface area (Å²) in [6.45, 7) is 0.733. The van der Waals surface area contributed by atoms with Crippen LogP contribution in [-0.2, 0) is 21.2 Å². The van der Waals surface area contributed by atoms with Crippen LogP contribution in [0.4, 0.5) is 5.69 Å². The first-order chi connectivity index (χ1) is 12.4. The number of hydrogen-bond donors (Lipinski definition) is 0. The van der Waals surface area contributed by atoms with Gasteiger partial charge in [0.1, 0.15) is 0 Å². The van der Waals surface area contributed by atoms with Gasteiger partial charge in [0, 0.05) is 23.3 Å². The minimum atomic E-state index is -3.18. The fourth-order valence-electron chi connectivity index (χ4n) is 3.88.